The fourth-order valence-corrected chi connectivity index (χ4v) is 4.01. The minimum atomic E-state index is -3.72. The summed E-state index contributed by atoms with van der Waals surface area (Å²) in [6.45, 7) is 3.38. The first kappa shape index (κ1) is 18.6. The number of sulfonamides is 1. The molecule has 2 aromatic carbocycles. The zero-order valence-corrected chi connectivity index (χ0v) is 16.1. The molecular weight excluding hydrogens is 392 g/mol. The number of para-hydroxylation sites is 1. The number of amides is 1. The van der Waals surface area contributed by atoms with Crippen LogP contribution in [0.1, 0.15) is 11.1 Å². The molecular formula is C17H19BrN2O3S. The molecule has 2 aromatic rings. The van der Waals surface area contributed by atoms with Gasteiger partial charge in [0.25, 0.3) is 0 Å². The summed E-state index contributed by atoms with van der Waals surface area (Å²) >= 11 is 3.34. The van der Waals surface area contributed by atoms with Crippen molar-refractivity contribution >= 4 is 37.5 Å². The van der Waals surface area contributed by atoms with Crippen molar-refractivity contribution in [1.82, 2.24) is 4.31 Å². The summed E-state index contributed by atoms with van der Waals surface area (Å²) in [6, 6.07) is 12.3. The van der Waals surface area contributed by atoms with Crippen LogP contribution in [0.15, 0.2) is 51.8 Å². The molecule has 1 N–H and O–H groups in total. The number of halogens is 1. The van der Waals surface area contributed by atoms with E-state index in [1.807, 2.05) is 19.1 Å². The number of rotatable bonds is 5. The van der Waals surface area contributed by atoms with E-state index in [1.54, 1.807) is 37.3 Å². The van der Waals surface area contributed by atoms with E-state index in [4.69, 9.17) is 0 Å². The van der Waals surface area contributed by atoms with E-state index < -0.39 is 15.9 Å². The predicted molar refractivity (Wildman–Crippen MR) is 98.5 cm³/mol. The largest absolute Gasteiger partial charge is 0.324 e. The van der Waals surface area contributed by atoms with Crippen molar-refractivity contribution in [1.29, 1.82) is 0 Å². The quantitative estimate of drug-likeness (QED) is 0.821. The number of nitrogens with one attached hydrogen (secondary N) is 1. The Kier molecular flexibility index (Phi) is 5.79. The first-order valence-corrected chi connectivity index (χ1v) is 9.53. The van der Waals surface area contributed by atoms with E-state index in [2.05, 4.69) is 21.2 Å². The zero-order valence-electron chi connectivity index (χ0n) is 13.7. The predicted octanol–water partition coefficient (Wildman–Crippen LogP) is 3.33. The molecule has 0 aliphatic heterocycles. The van der Waals surface area contributed by atoms with E-state index >= 15 is 0 Å². The van der Waals surface area contributed by atoms with Gasteiger partial charge in [-0.15, -0.1) is 0 Å². The Hall–Kier alpha value is -1.70. The molecule has 0 heterocycles. The lowest BCUT2D eigenvalue weighted by Crippen LogP contribution is -2.35. The van der Waals surface area contributed by atoms with Crippen molar-refractivity contribution in [3.05, 3.63) is 58.1 Å². The highest BCUT2D eigenvalue weighted by Crippen LogP contribution is 2.22. The normalized spacial score (nSPS) is 11.5. The molecule has 0 atom stereocenters. The van der Waals surface area contributed by atoms with E-state index in [1.165, 1.54) is 7.05 Å². The average molecular weight is 411 g/mol. The van der Waals surface area contributed by atoms with Crippen LogP contribution >= 0.6 is 15.9 Å². The highest BCUT2D eigenvalue weighted by atomic mass is 79.9. The number of carbonyl (C=O) groups is 1. The van der Waals surface area contributed by atoms with Crippen molar-refractivity contribution in [3.8, 4) is 0 Å². The number of likely N-dealkylation sites (N-methyl/N-ethyl adjacent to an activating group) is 1. The fraction of sp³-hybridized carbons (Fsp3) is 0.235. The van der Waals surface area contributed by atoms with Gasteiger partial charge in [-0.2, -0.15) is 4.31 Å². The number of anilines is 1. The van der Waals surface area contributed by atoms with Crippen LogP contribution in [0.4, 0.5) is 5.69 Å². The molecule has 0 saturated carbocycles. The molecule has 0 bridgehead atoms. The van der Waals surface area contributed by atoms with Gasteiger partial charge < -0.3 is 5.32 Å². The molecule has 7 heteroatoms. The highest BCUT2D eigenvalue weighted by molar-refractivity contribution is 9.10. The maximum atomic E-state index is 12.7. The van der Waals surface area contributed by atoms with Gasteiger partial charge in [0.05, 0.1) is 17.1 Å². The summed E-state index contributed by atoms with van der Waals surface area (Å²) in [4.78, 5) is 12.4. The first-order chi connectivity index (χ1) is 11.2. The van der Waals surface area contributed by atoms with Crippen LogP contribution in [0.3, 0.4) is 0 Å². The van der Waals surface area contributed by atoms with E-state index in [0.717, 1.165) is 14.3 Å². The Morgan fingerprint density at radius 1 is 1.17 bits per heavy atom. The Morgan fingerprint density at radius 3 is 2.46 bits per heavy atom. The molecule has 0 radical (unpaired) electrons. The number of benzene rings is 2. The van der Waals surface area contributed by atoms with Crippen molar-refractivity contribution < 1.29 is 13.2 Å². The van der Waals surface area contributed by atoms with Gasteiger partial charge >= 0.3 is 0 Å². The summed E-state index contributed by atoms with van der Waals surface area (Å²) in [5.41, 5.74) is 2.24. The molecule has 1 amide bonds. The summed E-state index contributed by atoms with van der Waals surface area (Å²) < 4.78 is 27.1. The molecule has 0 fully saturated rings. The van der Waals surface area contributed by atoms with Gasteiger partial charge in [0.15, 0.2) is 0 Å². The minimum absolute atomic E-state index is 0.212. The molecule has 0 aromatic heterocycles. The van der Waals surface area contributed by atoms with Crippen molar-refractivity contribution in [3.63, 3.8) is 0 Å². The lowest BCUT2D eigenvalue weighted by Gasteiger charge is -2.18. The molecule has 0 unspecified atom stereocenters. The van der Waals surface area contributed by atoms with Gasteiger partial charge in [-0.25, -0.2) is 8.42 Å². The summed E-state index contributed by atoms with van der Waals surface area (Å²) in [5, 5.41) is 2.70. The van der Waals surface area contributed by atoms with Crippen LogP contribution in [-0.2, 0) is 14.8 Å². The van der Waals surface area contributed by atoms with Gasteiger partial charge in [0.2, 0.25) is 15.9 Å². The van der Waals surface area contributed by atoms with Gasteiger partial charge in [-0.05, 0) is 53.5 Å². The van der Waals surface area contributed by atoms with Crippen LogP contribution < -0.4 is 5.32 Å². The van der Waals surface area contributed by atoms with Crippen molar-refractivity contribution in [2.75, 3.05) is 18.9 Å². The number of carbonyl (C=O) groups excluding carboxylic acids is 1. The van der Waals surface area contributed by atoms with Crippen molar-refractivity contribution in [2.45, 2.75) is 18.7 Å². The lowest BCUT2D eigenvalue weighted by atomic mass is 10.2. The third kappa shape index (κ3) is 4.23. The van der Waals surface area contributed by atoms with E-state index in [0.29, 0.717) is 11.3 Å². The second-order valence-corrected chi connectivity index (χ2v) is 8.43. The molecule has 24 heavy (non-hydrogen) atoms. The second-order valence-electron chi connectivity index (χ2n) is 5.56. The monoisotopic (exact) mass is 410 g/mol. The van der Waals surface area contributed by atoms with Gasteiger partial charge in [-0.3, -0.25) is 4.79 Å². The smallest absolute Gasteiger partial charge is 0.243 e. The zero-order chi connectivity index (χ0) is 17.9. The van der Waals surface area contributed by atoms with Crippen LogP contribution in [-0.4, -0.2) is 32.2 Å². The third-order valence-corrected chi connectivity index (χ3v) is 6.19. The maximum absolute atomic E-state index is 12.7. The first-order valence-electron chi connectivity index (χ1n) is 7.30. The van der Waals surface area contributed by atoms with E-state index in [-0.39, 0.29) is 11.4 Å². The van der Waals surface area contributed by atoms with Gasteiger partial charge in [0, 0.05) is 11.5 Å². The number of nitrogens with zero attached hydrogens (tertiary/aromatic N) is 1. The number of hydrogen-bond acceptors (Lipinski definition) is 3. The van der Waals surface area contributed by atoms with Gasteiger partial charge in [0.1, 0.15) is 0 Å². The second kappa shape index (κ2) is 7.46. The Balaban J connectivity index is 2.14. The molecule has 128 valence electrons. The van der Waals surface area contributed by atoms with E-state index in [9.17, 15) is 13.2 Å². The standard InChI is InChI=1S/C17H19BrN2O3S/c1-12-8-9-16(13(2)10-12)24(22,23)20(3)11-17(21)19-15-7-5-4-6-14(15)18/h4-10H,11H2,1-3H3,(H,19,21). The Labute approximate surface area is 150 Å². The molecule has 2 rings (SSSR count). The van der Waals surface area contributed by atoms with Crippen molar-refractivity contribution in [2.24, 2.45) is 0 Å². The molecule has 0 spiro atoms. The van der Waals surface area contributed by atoms with Crippen LogP contribution in [0.2, 0.25) is 0 Å². The minimum Gasteiger partial charge on any atom is -0.324 e. The van der Waals surface area contributed by atoms with Crippen LogP contribution in [0.25, 0.3) is 0 Å². The maximum Gasteiger partial charge on any atom is 0.243 e. The summed E-state index contributed by atoms with van der Waals surface area (Å²) in [7, 11) is -2.33. The molecule has 0 saturated heterocycles. The van der Waals surface area contributed by atoms with Crippen LogP contribution in [0, 0.1) is 13.8 Å². The topological polar surface area (TPSA) is 66.5 Å². The third-order valence-electron chi connectivity index (χ3n) is 3.53. The Morgan fingerprint density at radius 2 is 1.83 bits per heavy atom. The lowest BCUT2D eigenvalue weighted by molar-refractivity contribution is -0.116. The van der Waals surface area contributed by atoms with Gasteiger partial charge in [-0.1, -0.05) is 29.8 Å². The highest BCUT2D eigenvalue weighted by Gasteiger charge is 2.24. The SMILES string of the molecule is Cc1ccc(S(=O)(=O)N(C)CC(=O)Nc2ccccc2Br)c(C)c1. The molecule has 0 aliphatic rings. The number of hydrogen-bond donors (Lipinski definition) is 1. The fourth-order valence-electron chi connectivity index (χ4n) is 2.30. The summed E-state index contributed by atoms with van der Waals surface area (Å²) in [5.74, 6) is -0.405. The average Bonchev–Trinajstić information content (AvgIpc) is 2.49. The van der Waals surface area contributed by atoms with Crippen LogP contribution in [0.5, 0.6) is 0 Å². The Bertz CT molecular complexity index is 866. The molecule has 5 nitrogen and oxygen atoms in total. The molecule has 0 aliphatic carbocycles. The number of aryl methyl sites for hydroxylation is 2. The summed E-state index contributed by atoms with van der Waals surface area (Å²) in [6.07, 6.45) is 0.